The second kappa shape index (κ2) is 9.63. The lowest BCUT2D eigenvalue weighted by Gasteiger charge is -2.17. The normalized spacial score (nSPS) is 16.8. The van der Waals surface area contributed by atoms with Gasteiger partial charge < -0.3 is 20.1 Å². The molecule has 2 rings (SSSR count). The Morgan fingerprint density at radius 3 is 2.78 bits per heavy atom. The van der Waals surface area contributed by atoms with Gasteiger partial charge in [-0.05, 0) is 43.5 Å². The fourth-order valence-corrected chi connectivity index (χ4v) is 2.64. The number of hydrogen-bond donors (Lipinski definition) is 1. The van der Waals surface area contributed by atoms with E-state index in [4.69, 9.17) is 15.2 Å². The van der Waals surface area contributed by atoms with Crippen LogP contribution < -0.4 is 15.2 Å². The first-order chi connectivity index (χ1) is 10.7. The van der Waals surface area contributed by atoms with Crippen LogP contribution in [0, 0.1) is 5.92 Å². The highest BCUT2D eigenvalue weighted by Gasteiger charge is 2.26. The van der Waals surface area contributed by atoms with E-state index in [0.29, 0.717) is 36.1 Å². The van der Waals surface area contributed by atoms with Crippen molar-refractivity contribution >= 4 is 18.3 Å². The lowest BCUT2D eigenvalue weighted by Crippen LogP contribution is -2.29. The molecular weight excluding hydrogens is 316 g/mol. The van der Waals surface area contributed by atoms with E-state index in [1.165, 1.54) is 0 Å². The summed E-state index contributed by atoms with van der Waals surface area (Å²) in [4.78, 5) is 14.4. The number of ether oxygens (including phenoxy) is 2. The number of nitrogens with zero attached hydrogens (tertiary/aromatic N) is 1. The summed E-state index contributed by atoms with van der Waals surface area (Å²) < 4.78 is 11.1. The molecule has 1 unspecified atom stereocenters. The molecule has 1 aromatic carbocycles. The number of nitrogens with two attached hydrogens (primary N) is 1. The monoisotopic (exact) mass is 342 g/mol. The Kier molecular flexibility index (Phi) is 8.20. The first-order valence-corrected chi connectivity index (χ1v) is 7.99. The molecule has 23 heavy (non-hydrogen) atoms. The topological polar surface area (TPSA) is 64.8 Å². The Morgan fingerprint density at radius 2 is 2.17 bits per heavy atom. The molecule has 0 aliphatic carbocycles. The highest BCUT2D eigenvalue weighted by molar-refractivity contribution is 5.95. The lowest BCUT2D eigenvalue weighted by atomic mass is 10.1. The fourth-order valence-electron chi connectivity index (χ4n) is 2.64. The Labute approximate surface area is 144 Å². The predicted molar refractivity (Wildman–Crippen MR) is 93.7 cm³/mol. The van der Waals surface area contributed by atoms with Gasteiger partial charge in [-0.25, -0.2) is 0 Å². The highest BCUT2D eigenvalue weighted by Crippen LogP contribution is 2.29. The van der Waals surface area contributed by atoms with Crippen LogP contribution in [0.25, 0.3) is 0 Å². The molecule has 1 atom stereocenters. The van der Waals surface area contributed by atoms with Gasteiger partial charge in [-0.3, -0.25) is 4.79 Å². The quantitative estimate of drug-likeness (QED) is 0.774. The summed E-state index contributed by atoms with van der Waals surface area (Å²) in [6.45, 7) is 4.93. The van der Waals surface area contributed by atoms with Gasteiger partial charge in [0.2, 0.25) is 0 Å². The van der Waals surface area contributed by atoms with E-state index in [0.717, 1.165) is 32.4 Å². The van der Waals surface area contributed by atoms with E-state index in [1.807, 2.05) is 17.0 Å². The molecule has 1 heterocycles. The predicted octanol–water partition coefficient (Wildman–Crippen LogP) is 2.72. The van der Waals surface area contributed by atoms with Gasteiger partial charge in [0.05, 0.1) is 13.7 Å². The molecule has 1 saturated heterocycles. The maximum atomic E-state index is 12.5. The second-order valence-electron chi connectivity index (χ2n) is 5.71. The van der Waals surface area contributed by atoms with Crippen LogP contribution in [-0.4, -0.2) is 44.2 Å². The number of likely N-dealkylation sites (tertiary alicyclic amines) is 1. The molecule has 0 aromatic heterocycles. The van der Waals surface area contributed by atoms with Crippen LogP contribution in [-0.2, 0) is 0 Å². The summed E-state index contributed by atoms with van der Waals surface area (Å²) in [6.07, 6.45) is 3.06. The molecule has 1 aliphatic rings. The molecule has 0 bridgehead atoms. The molecule has 1 aliphatic heterocycles. The molecule has 5 nitrogen and oxygen atoms in total. The zero-order valence-electron chi connectivity index (χ0n) is 13.9. The summed E-state index contributed by atoms with van der Waals surface area (Å²) in [7, 11) is 1.59. The third-order valence-corrected chi connectivity index (χ3v) is 4.07. The average molecular weight is 343 g/mol. The number of carbonyl (C=O) groups is 1. The van der Waals surface area contributed by atoms with Crippen molar-refractivity contribution in [3.8, 4) is 11.5 Å². The zero-order valence-corrected chi connectivity index (χ0v) is 14.7. The van der Waals surface area contributed by atoms with E-state index in [2.05, 4.69) is 6.92 Å². The Balaban J connectivity index is 0.00000264. The van der Waals surface area contributed by atoms with Gasteiger partial charge in [-0.15, -0.1) is 12.4 Å². The van der Waals surface area contributed by atoms with Crippen molar-refractivity contribution in [1.82, 2.24) is 4.90 Å². The molecule has 6 heteroatoms. The van der Waals surface area contributed by atoms with Gasteiger partial charge in [0, 0.05) is 18.7 Å². The van der Waals surface area contributed by atoms with Gasteiger partial charge in [-0.1, -0.05) is 13.3 Å². The van der Waals surface area contributed by atoms with Gasteiger partial charge in [0.1, 0.15) is 0 Å². The molecule has 0 spiro atoms. The van der Waals surface area contributed by atoms with Crippen molar-refractivity contribution in [3.63, 3.8) is 0 Å². The molecule has 1 fully saturated rings. The molecule has 0 saturated carbocycles. The van der Waals surface area contributed by atoms with Crippen LogP contribution in [0.3, 0.4) is 0 Å². The van der Waals surface area contributed by atoms with Crippen molar-refractivity contribution in [2.75, 3.05) is 33.4 Å². The summed E-state index contributed by atoms with van der Waals surface area (Å²) in [5.41, 5.74) is 6.32. The summed E-state index contributed by atoms with van der Waals surface area (Å²) in [6, 6.07) is 5.39. The van der Waals surface area contributed by atoms with E-state index in [1.54, 1.807) is 13.2 Å². The number of carbonyl (C=O) groups excluding carboxylic acids is 1. The van der Waals surface area contributed by atoms with Crippen LogP contribution in [0.2, 0.25) is 0 Å². The van der Waals surface area contributed by atoms with Crippen LogP contribution in [0.5, 0.6) is 11.5 Å². The van der Waals surface area contributed by atoms with Crippen LogP contribution in [0.1, 0.15) is 36.5 Å². The molecule has 130 valence electrons. The van der Waals surface area contributed by atoms with Gasteiger partial charge in [0.25, 0.3) is 5.91 Å². The summed E-state index contributed by atoms with van der Waals surface area (Å²) in [5, 5.41) is 0. The van der Waals surface area contributed by atoms with Crippen molar-refractivity contribution in [2.24, 2.45) is 11.7 Å². The summed E-state index contributed by atoms with van der Waals surface area (Å²) >= 11 is 0. The third-order valence-electron chi connectivity index (χ3n) is 4.07. The average Bonchev–Trinajstić information content (AvgIpc) is 3.03. The number of unbranched alkanes of at least 4 members (excludes halogenated alkanes) is 1. The number of amides is 1. The van der Waals surface area contributed by atoms with Crippen molar-refractivity contribution in [3.05, 3.63) is 23.8 Å². The lowest BCUT2D eigenvalue weighted by molar-refractivity contribution is 0.0787. The minimum atomic E-state index is 0. The third kappa shape index (κ3) is 5.01. The van der Waals surface area contributed by atoms with Gasteiger partial charge >= 0.3 is 0 Å². The molecule has 1 aromatic rings. The number of methoxy groups -OCH3 is 1. The standard InChI is InChI=1S/C17H26N2O3.ClH/c1-3-4-9-22-15-6-5-14(10-16(15)21-2)17(20)19-8-7-13(11-18)12-19;/h5-6,10,13H,3-4,7-9,11-12,18H2,1-2H3;1H. The van der Waals surface area contributed by atoms with Crippen LogP contribution in [0.4, 0.5) is 0 Å². The van der Waals surface area contributed by atoms with E-state index >= 15 is 0 Å². The maximum absolute atomic E-state index is 12.5. The van der Waals surface area contributed by atoms with Crippen LogP contribution >= 0.6 is 12.4 Å². The highest BCUT2D eigenvalue weighted by atomic mass is 35.5. The van der Waals surface area contributed by atoms with E-state index in [-0.39, 0.29) is 18.3 Å². The Bertz CT molecular complexity index is 511. The smallest absolute Gasteiger partial charge is 0.254 e. The fraction of sp³-hybridized carbons (Fsp3) is 0.588. The van der Waals surface area contributed by atoms with Gasteiger partial charge in [0.15, 0.2) is 11.5 Å². The number of hydrogen-bond acceptors (Lipinski definition) is 4. The number of rotatable bonds is 7. The largest absolute Gasteiger partial charge is 0.493 e. The SMILES string of the molecule is CCCCOc1ccc(C(=O)N2CCC(CN)C2)cc1OC.Cl. The number of halogens is 1. The second-order valence-corrected chi connectivity index (χ2v) is 5.71. The molecule has 0 radical (unpaired) electrons. The first-order valence-electron chi connectivity index (χ1n) is 7.99. The van der Waals surface area contributed by atoms with Crippen molar-refractivity contribution in [2.45, 2.75) is 26.2 Å². The molecule has 2 N–H and O–H groups in total. The first kappa shape index (κ1) is 19.6. The molecular formula is C17H27ClN2O3. The minimum Gasteiger partial charge on any atom is -0.493 e. The van der Waals surface area contributed by atoms with E-state index < -0.39 is 0 Å². The number of benzene rings is 1. The van der Waals surface area contributed by atoms with E-state index in [9.17, 15) is 4.79 Å². The summed E-state index contributed by atoms with van der Waals surface area (Å²) in [5.74, 6) is 1.75. The minimum absolute atomic E-state index is 0. The Morgan fingerprint density at radius 1 is 1.39 bits per heavy atom. The van der Waals surface area contributed by atoms with Crippen molar-refractivity contribution in [1.29, 1.82) is 0 Å². The van der Waals surface area contributed by atoms with Gasteiger partial charge in [-0.2, -0.15) is 0 Å². The maximum Gasteiger partial charge on any atom is 0.254 e. The Hall–Kier alpha value is -1.46. The molecule has 1 amide bonds. The zero-order chi connectivity index (χ0) is 15.9. The van der Waals surface area contributed by atoms with Crippen molar-refractivity contribution < 1.29 is 14.3 Å². The van der Waals surface area contributed by atoms with Crippen LogP contribution in [0.15, 0.2) is 18.2 Å².